The van der Waals surface area contributed by atoms with E-state index < -0.39 is 30.4 Å². The standard InChI is InChI=1S/C30H55O12P/c1-10-36-28(32)25(43(33,40-11-2)41-12-3)15-13-23(4)14-16-26-29(6,38-21-34-8)18-17-27(42-26)30(7,39-22-35-9)19-20-37-24(5)31/h13,25-27H,10-12,14-22H2,1-9H3/b23-13+/t25?,26-,27+,29+,30-/m1/s1. The highest BCUT2D eigenvalue weighted by atomic mass is 31.2. The first-order chi connectivity index (χ1) is 20.3. The van der Waals surface area contributed by atoms with Crippen molar-refractivity contribution in [3.05, 3.63) is 11.6 Å². The quantitative estimate of drug-likeness (QED) is 0.0636. The molecular weight excluding hydrogens is 583 g/mol. The van der Waals surface area contributed by atoms with Gasteiger partial charge in [-0.15, -0.1) is 0 Å². The Labute approximate surface area is 257 Å². The summed E-state index contributed by atoms with van der Waals surface area (Å²) in [7, 11) is -0.609. The Morgan fingerprint density at radius 2 is 1.70 bits per heavy atom. The number of ether oxygens (including phenoxy) is 7. The second-order valence-electron chi connectivity index (χ2n) is 10.9. The Bertz CT molecular complexity index is 902. The predicted octanol–water partition coefficient (Wildman–Crippen LogP) is 5.56. The van der Waals surface area contributed by atoms with Crippen molar-refractivity contribution in [1.82, 2.24) is 0 Å². The van der Waals surface area contributed by atoms with Crippen molar-refractivity contribution >= 4 is 19.5 Å². The van der Waals surface area contributed by atoms with Crippen LogP contribution in [-0.2, 0) is 56.4 Å². The summed E-state index contributed by atoms with van der Waals surface area (Å²) >= 11 is 0. The van der Waals surface area contributed by atoms with Crippen LogP contribution >= 0.6 is 7.60 Å². The number of carbonyl (C=O) groups is 2. The Balaban J connectivity index is 3.15. The first-order valence-corrected chi connectivity index (χ1v) is 16.7. The molecule has 1 rings (SSSR count). The number of hydrogen-bond donors (Lipinski definition) is 0. The monoisotopic (exact) mass is 638 g/mol. The number of allylic oxidation sites excluding steroid dienone is 2. The number of methoxy groups -OCH3 is 2. The highest BCUT2D eigenvalue weighted by molar-refractivity contribution is 7.55. The third kappa shape index (κ3) is 12.9. The van der Waals surface area contributed by atoms with Crippen LogP contribution in [0.1, 0.15) is 87.0 Å². The lowest BCUT2D eigenvalue weighted by Gasteiger charge is -2.49. The van der Waals surface area contributed by atoms with Gasteiger partial charge in [-0.05, 0) is 73.6 Å². The first kappa shape index (κ1) is 39.7. The van der Waals surface area contributed by atoms with Crippen LogP contribution in [0.4, 0.5) is 0 Å². The van der Waals surface area contributed by atoms with E-state index in [1.54, 1.807) is 35.0 Å². The van der Waals surface area contributed by atoms with Gasteiger partial charge in [0, 0.05) is 27.6 Å². The van der Waals surface area contributed by atoms with Crippen LogP contribution in [0, 0.1) is 0 Å². The van der Waals surface area contributed by atoms with Crippen LogP contribution < -0.4 is 0 Å². The number of carbonyl (C=O) groups excluding carboxylic acids is 2. The molecule has 0 saturated carbocycles. The molecule has 43 heavy (non-hydrogen) atoms. The van der Waals surface area contributed by atoms with Crippen molar-refractivity contribution in [3.8, 4) is 0 Å². The lowest BCUT2D eigenvalue weighted by molar-refractivity contribution is -0.266. The maximum Gasteiger partial charge on any atom is 0.345 e. The van der Waals surface area contributed by atoms with Gasteiger partial charge in [-0.1, -0.05) is 11.6 Å². The Morgan fingerprint density at radius 1 is 1.05 bits per heavy atom. The molecule has 1 heterocycles. The summed E-state index contributed by atoms with van der Waals surface area (Å²) in [5, 5.41) is 0. The molecular formula is C30H55O12P. The largest absolute Gasteiger partial charge is 0.466 e. The number of rotatable bonds is 22. The van der Waals surface area contributed by atoms with Gasteiger partial charge in [-0.3, -0.25) is 14.2 Å². The molecule has 0 radical (unpaired) electrons. The van der Waals surface area contributed by atoms with Gasteiger partial charge < -0.3 is 42.2 Å². The molecule has 0 amide bonds. The SMILES string of the molecule is CCOC(=O)C(C/C=C(\C)CC[C@H]1O[C@H]([C@@](C)(CCOC(C)=O)OCOC)CC[C@]1(C)OCOC)P(=O)(OCC)OCC. The zero-order valence-electron chi connectivity index (χ0n) is 27.6. The normalized spacial score (nSPS) is 23.4. The summed E-state index contributed by atoms with van der Waals surface area (Å²) in [5.41, 5.74) is -1.49. The summed E-state index contributed by atoms with van der Waals surface area (Å²) in [6.07, 6.45) is 4.36. The van der Waals surface area contributed by atoms with E-state index in [4.69, 9.17) is 42.2 Å². The zero-order chi connectivity index (χ0) is 32.5. The van der Waals surface area contributed by atoms with Gasteiger partial charge in [0.15, 0.2) is 5.66 Å². The van der Waals surface area contributed by atoms with Crippen molar-refractivity contribution in [1.29, 1.82) is 0 Å². The van der Waals surface area contributed by atoms with Crippen LogP contribution in [0.3, 0.4) is 0 Å². The maximum absolute atomic E-state index is 13.5. The van der Waals surface area contributed by atoms with Gasteiger partial charge in [-0.2, -0.15) is 0 Å². The molecule has 0 spiro atoms. The van der Waals surface area contributed by atoms with E-state index in [-0.39, 0.29) is 64.6 Å². The molecule has 0 bridgehead atoms. The van der Waals surface area contributed by atoms with Gasteiger partial charge in [0.25, 0.3) is 0 Å². The molecule has 0 aromatic heterocycles. The minimum absolute atomic E-state index is 0.0648. The fraction of sp³-hybridized carbons (Fsp3) is 0.867. The summed E-state index contributed by atoms with van der Waals surface area (Å²) in [4.78, 5) is 24.2. The van der Waals surface area contributed by atoms with Crippen LogP contribution in [0.5, 0.6) is 0 Å². The molecule has 252 valence electrons. The molecule has 1 saturated heterocycles. The first-order valence-electron chi connectivity index (χ1n) is 15.1. The second kappa shape index (κ2) is 19.9. The summed E-state index contributed by atoms with van der Waals surface area (Å²) in [5.74, 6) is -0.969. The van der Waals surface area contributed by atoms with Gasteiger partial charge in [0.2, 0.25) is 0 Å². The van der Waals surface area contributed by atoms with Crippen LogP contribution in [0.15, 0.2) is 11.6 Å². The van der Waals surface area contributed by atoms with E-state index in [0.29, 0.717) is 32.1 Å². The van der Waals surface area contributed by atoms with Crippen LogP contribution in [0.25, 0.3) is 0 Å². The smallest absolute Gasteiger partial charge is 0.345 e. The Kier molecular flexibility index (Phi) is 18.3. The molecule has 1 unspecified atom stereocenters. The molecule has 0 aliphatic carbocycles. The minimum atomic E-state index is -3.74. The van der Waals surface area contributed by atoms with Crippen LogP contribution in [0.2, 0.25) is 0 Å². The van der Waals surface area contributed by atoms with Crippen molar-refractivity contribution in [3.63, 3.8) is 0 Å². The molecule has 5 atom stereocenters. The molecule has 1 aliphatic heterocycles. The van der Waals surface area contributed by atoms with Crippen molar-refractivity contribution in [2.75, 3.05) is 54.2 Å². The zero-order valence-corrected chi connectivity index (χ0v) is 28.5. The molecule has 1 aliphatic rings. The van der Waals surface area contributed by atoms with Crippen molar-refractivity contribution in [2.24, 2.45) is 0 Å². The lowest BCUT2D eigenvalue weighted by Crippen LogP contribution is -2.56. The highest BCUT2D eigenvalue weighted by Crippen LogP contribution is 2.55. The maximum atomic E-state index is 13.5. The third-order valence-corrected chi connectivity index (χ3v) is 9.98. The van der Waals surface area contributed by atoms with Gasteiger partial charge in [-0.25, -0.2) is 0 Å². The van der Waals surface area contributed by atoms with Crippen molar-refractivity contribution in [2.45, 2.75) is 116 Å². The minimum Gasteiger partial charge on any atom is -0.466 e. The van der Waals surface area contributed by atoms with E-state index in [1.165, 1.54) is 6.92 Å². The van der Waals surface area contributed by atoms with E-state index in [9.17, 15) is 14.2 Å². The highest BCUT2D eigenvalue weighted by Gasteiger charge is 2.48. The van der Waals surface area contributed by atoms with E-state index in [0.717, 1.165) is 5.57 Å². The Hall–Kier alpha value is -1.37. The Morgan fingerprint density at radius 3 is 2.26 bits per heavy atom. The van der Waals surface area contributed by atoms with E-state index >= 15 is 0 Å². The summed E-state index contributed by atoms with van der Waals surface area (Å²) in [6.45, 7) is 13.2. The van der Waals surface area contributed by atoms with Crippen molar-refractivity contribution < 1.29 is 56.4 Å². The lowest BCUT2D eigenvalue weighted by atomic mass is 9.80. The molecule has 0 aromatic carbocycles. The molecule has 12 nitrogen and oxygen atoms in total. The number of esters is 2. The third-order valence-electron chi connectivity index (χ3n) is 7.56. The van der Waals surface area contributed by atoms with Crippen LogP contribution in [-0.4, -0.2) is 95.2 Å². The average molecular weight is 639 g/mol. The summed E-state index contributed by atoms with van der Waals surface area (Å²) in [6, 6.07) is 0. The molecule has 13 heteroatoms. The summed E-state index contributed by atoms with van der Waals surface area (Å²) < 4.78 is 64.2. The average Bonchev–Trinajstić information content (AvgIpc) is 2.94. The topological polar surface area (TPSA) is 134 Å². The van der Waals surface area contributed by atoms with Gasteiger partial charge in [0.1, 0.15) is 13.6 Å². The molecule has 0 N–H and O–H groups in total. The molecule has 1 fully saturated rings. The predicted molar refractivity (Wildman–Crippen MR) is 161 cm³/mol. The van der Waals surface area contributed by atoms with Gasteiger partial charge >= 0.3 is 19.5 Å². The van der Waals surface area contributed by atoms with Gasteiger partial charge in [0.05, 0.1) is 49.8 Å². The fourth-order valence-corrected chi connectivity index (χ4v) is 6.88. The number of hydrogen-bond acceptors (Lipinski definition) is 12. The molecule has 0 aromatic rings. The van der Waals surface area contributed by atoms with E-state index in [2.05, 4.69) is 0 Å². The fourth-order valence-electron chi connectivity index (χ4n) is 5.03. The second-order valence-corrected chi connectivity index (χ2v) is 13.2. The van der Waals surface area contributed by atoms with E-state index in [1.807, 2.05) is 26.8 Å².